The summed E-state index contributed by atoms with van der Waals surface area (Å²) in [5, 5.41) is 4.11. The maximum Gasteiger partial charge on any atom is 0.230 e. The number of nitrogen functional groups attached to an aromatic ring is 1. The molecule has 21 heavy (non-hydrogen) atoms. The van der Waals surface area contributed by atoms with E-state index in [1.54, 1.807) is 7.11 Å². The van der Waals surface area contributed by atoms with Gasteiger partial charge in [-0.15, -0.1) is 0 Å². The van der Waals surface area contributed by atoms with Crippen LogP contribution >= 0.6 is 0 Å². The van der Waals surface area contributed by atoms with Crippen molar-refractivity contribution >= 4 is 5.88 Å². The summed E-state index contributed by atoms with van der Waals surface area (Å²) in [6.07, 6.45) is 0. The van der Waals surface area contributed by atoms with Crippen molar-refractivity contribution in [1.82, 2.24) is 5.16 Å². The number of benzene rings is 2. The second kappa shape index (κ2) is 5.32. The molecule has 0 aliphatic carbocycles. The predicted octanol–water partition coefficient (Wildman–Crippen LogP) is 3.91. The number of methoxy groups -OCH3 is 1. The van der Waals surface area contributed by atoms with Crippen LogP contribution in [0.25, 0.3) is 22.4 Å². The molecule has 0 bridgehead atoms. The molecule has 0 amide bonds. The van der Waals surface area contributed by atoms with Crippen molar-refractivity contribution in [3.63, 3.8) is 0 Å². The third-order valence-electron chi connectivity index (χ3n) is 3.46. The molecular weight excluding hydrogens is 264 g/mol. The van der Waals surface area contributed by atoms with Crippen molar-refractivity contribution < 1.29 is 9.26 Å². The fraction of sp³-hybridized carbons (Fsp3) is 0.118. The van der Waals surface area contributed by atoms with Crippen LogP contribution in [0.1, 0.15) is 5.56 Å². The SMILES string of the molecule is COc1cc(-c2noc(N)c2-c2ccccc2)ccc1C. The number of ether oxygens (including phenoxy) is 1. The molecule has 0 fully saturated rings. The molecule has 106 valence electrons. The molecule has 0 saturated carbocycles. The van der Waals surface area contributed by atoms with Crippen LogP contribution in [0.4, 0.5) is 5.88 Å². The summed E-state index contributed by atoms with van der Waals surface area (Å²) in [4.78, 5) is 0. The Kier molecular flexibility index (Phi) is 3.36. The van der Waals surface area contributed by atoms with Crippen molar-refractivity contribution in [1.29, 1.82) is 0 Å². The first kappa shape index (κ1) is 13.2. The average Bonchev–Trinajstić information content (AvgIpc) is 2.90. The third-order valence-corrected chi connectivity index (χ3v) is 3.46. The largest absolute Gasteiger partial charge is 0.496 e. The lowest BCUT2D eigenvalue weighted by Crippen LogP contribution is -1.90. The van der Waals surface area contributed by atoms with Crippen LogP contribution in [0.5, 0.6) is 5.75 Å². The third kappa shape index (κ3) is 2.36. The minimum atomic E-state index is 0.316. The number of anilines is 1. The summed E-state index contributed by atoms with van der Waals surface area (Å²) in [6.45, 7) is 2.00. The number of aryl methyl sites for hydroxylation is 1. The van der Waals surface area contributed by atoms with Gasteiger partial charge in [-0.25, -0.2) is 0 Å². The van der Waals surface area contributed by atoms with Gasteiger partial charge >= 0.3 is 0 Å². The van der Waals surface area contributed by atoms with Gasteiger partial charge in [0.25, 0.3) is 0 Å². The topological polar surface area (TPSA) is 61.3 Å². The molecule has 3 rings (SSSR count). The number of hydrogen-bond acceptors (Lipinski definition) is 4. The fourth-order valence-electron chi connectivity index (χ4n) is 2.35. The Morgan fingerprint density at radius 3 is 2.52 bits per heavy atom. The first-order chi connectivity index (χ1) is 10.2. The van der Waals surface area contributed by atoms with E-state index >= 15 is 0 Å². The van der Waals surface area contributed by atoms with Crippen molar-refractivity contribution in [2.75, 3.05) is 12.8 Å². The van der Waals surface area contributed by atoms with E-state index in [1.807, 2.05) is 55.5 Å². The van der Waals surface area contributed by atoms with E-state index in [9.17, 15) is 0 Å². The summed E-state index contributed by atoms with van der Waals surface area (Å²) in [5.74, 6) is 1.13. The number of nitrogens with zero attached hydrogens (tertiary/aromatic N) is 1. The minimum absolute atomic E-state index is 0.316. The van der Waals surface area contributed by atoms with E-state index in [-0.39, 0.29) is 0 Å². The number of rotatable bonds is 3. The smallest absolute Gasteiger partial charge is 0.230 e. The van der Waals surface area contributed by atoms with Crippen LogP contribution in [-0.2, 0) is 0 Å². The van der Waals surface area contributed by atoms with Crippen molar-refractivity contribution in [3.05, 3.63) is 54.1 Å². The van der Waals surface area contributed by atoms with E-state index < -0.39 is 0 Å². The molecule has 4 heteroatoms. The van der Waals surface area contributed by atoms with E-state index in [0.717, 1.165) is 33.7 Å². The van der Waals surface area contributed by atoms with E-state index in [4.69, 9.17) is 15.0 Å². The second-order valence-electron chi connectivity index (χ2n) is 4.82. The molecule has 0 aliphatic heterocycles. The Morgan fingerprint density at radius 2 is 1.81 bits per heavy atom. The maximum absolute atomic E-state index is 5.95. The molecule has 1 heterocycles. The summed E-state index contributed by atoms with van der Waals surface area (Å²) in [5.41, 5.74) is 10.4. The molecule has 4 nitrogen and oxygen atoms in total. The Labute approximate surface area is 123 Å². The summed E-state index contributed by atoms with van der Waals surface area (Å²) in [6, 6.07) is 15.8. The first-order valence-electron chi connectivity index (χ1n) is 6.66. The van der Waals surface area contributed by atoms with Crippen molar-refractivity contribution in [2.24, 2.45) is 0 Å². The fourth-order valence-corrected chi connectivity index (χ4v) is 2.35. The Balaban J connectivity index is 2.17. The highest BCUT2D eigenvalue weighted by molar-refractivity contribution is 5.87. The normalized spacial score (nSPS) is 10.6. The van der Waals surface area contributed by atoms with Crippen LogP contribution < -0.4 is 10.5 Å². The number of hydrogen-bond donors (Lipinski definition) is 1. The Hall–Kier alpha value is -2.75. The van der Waals surface area contributed by atoms with E-state index in [2.05, 4.69) is 5.16 Å². The van der Waals surface area contributed by atoms with Crippen molar-refractivity contribution in [2.45, 2.75) is 6.92 Å². The summed E-state index contributed by atoms with van der Waals surface area (Å²) in [7, 11) is 1.65. The monoisotopic (exact) mass is 280 g/mol. The molecule has 0 aliphatic rings. The quantitative estimate of drug-likeness (QED) is 0.790. The van der Waals surface area contributed by atoms with Gasteiger partial charge in [-0.3, -0.25) is 0 Å². The van der Waals surface area contributed by atoms with Crippen LogP contribution in [0.3, 0.4) is 0 Å². The molecule has 0 radical (unpaired) electrons. The van der Waals surface area contributed by atoms with E-state index in [1.165, 1.54) is 0 Å². The standard InChI is InChI=1S/C17H16N2O2/c1-11-8-9-13(10-14(11)20-2)16-15(17(18)21-19-16)12-6-4-3-5-7-12/h3-10H,18H2,1-2H3. The van der Waals surface area contributed by atoms with Gasteiger partial charge in [0.1, 0.15) is 11.4 Å². The lowest BCUT2D eigenvalue weighted by Gasteiger charge is -2.07. The molecule has 0 spiro atoms. The van der Waals surface area contributed by atoms with Gasteiger partial charge in [-0.1, -0.05) is 47.6 Å². The van der Waals surface area contributed by atoms with Crippen molar-refractivity contribution in [3.8, 4) is 28.1 Å². The van der Waals surface area contributed by atoms with Gasteiger partial charge in [-0.2, -0.15) is 0 Å². The van der Waals surface area contributed by atoms with Crippen LogP contribution in [-0.4, -0.2) is 12.3 Å². The molecule has 2 aromatic carbocycles. The molecule has 0 unspecified atom stereocenters. The molecule has 0 saturated heterocycles. The zero-order chi connectivity index (χ0) is 14.8. The van der Waals surface area contributed by atoms with E-state index in [0.29, 0.717) is 5.88 Å². The van der Waals surface area contributed by atoms with Gasteiger partial charge in [0.05, 0.1) is 12.7 Å². The summed E-state index contributed by atoms with van der Waals surface area (Å²) >= 11 is 0. The van der Waals surface area contributed by atoms with Gasteiger partial charge in [0, 0.05) is 5.56 Å². The predicted molar refractivity (Wildman–Crippen MR) is 83.1 cm³/mol. The Morgan fingerprint density at radius 1 is 1.05 bits per heavy atom. The van der Waals surface area contributed by atoms with Crippen LogP contribution in [0.15, 0.2) is 53.1 Å². The highest BCUT2D eigenvalue weighted by Crippen LogP contribution is 2.37. The molecular formula is C17H16N2O2. The lowest BCUT2D eigenvalue weighted by atomic mass is 10.00. The molecule has 1 aromatic heterocycles. The van der Waals surface area contributed by atoms with Gasteiger partial charge < -0.3 is 15.0 Å². The van der Waals surface area contributed by atoms with Gasteiger partial charge in [0.2, 0.25) is 5.88 Å². The maximum atomic E-state index is 5.95. The van der Waals surface area contributed by atoms with Gasteiger partial charge in [0.15, 0.2) is 0 Å². The zero-order valence-corrected chi connectivity index (χ0v) is 12.0. The van der Waals surface area contributed by atoms with Gasteiger partial charge in [-0.05, 0) is 24.1 Å². The highest BCUT2D eigenvalue weighted by atomic mass is 16.5. The average molecular weight is 280 g/mol. The molecule has 2 N–H and O–H groups in total. The first-order valence-corrected chi connectivity index (χ1v) is 6.66. The van der Waals surface area contributed by atoms with Crippen LogP contribution in [0, 0.1) is 6.92 Å². The molecule has 3 aromatic rings. The van der Waals surface area contributed by atoms with Crippen LogP contribution in [0.2, 0.25) is 0 Å². The second-order valence-corrected chi connectivity index (χ2v) is 4.82. The Bertz CT molecular complexity index is 764. The number of aromatic nitrogens is 1. The molecule has 0 atom stereocenters. The summed E-state index contributed by atoms with van der Waals surface area (Å²) < 4.78 is 10.6. The zero-order valence-electron chi connectivity index (χ0n) is 12.0. The minimum Gasteiger partial charge on any atom is -0.496 e. The highest BCUT2D eigenvalue weighted by Gasteiger charge is 2.18. The lowest BCUT2D eigenvalue weighted by molar-refractivity contribution is 0.411. The number of nitrogens with two attached hydrogens (primary N) is 1.